The van der Waals surface area contributed by atoms with Gasteiger partial charge in [0.05, 0.1) is 9.83 Å². The van der Waals surface area contributed by atoms with E-state index in [1.807, 2.05) is 6.92 Å². The van der Waals surface area contributed by atoms with Gasteiger partial charge in [0, 0.05) is 18.7 Å². The first-order chi connectivity index (χ1) is 12.5. The van der Waals surface area contributed by atoms with Gasteiger partial charge in [0.15, 0.2) is 0 Å². The van der Waals surface area contributed by atoms with Gasteiger partial charge in [0.25, 0.3) is 11.6 Å². The maximum Gasteiger partial charge on any atom is 0.287 e. The van der Waals surface area contributed by atoms with E-state index in [9.17, 15) is 14.9 Å². The summed E-state index contributed by atoms with van der Waals surface area (Å²) in [6, 6.07) is 9.83. The number of pyridine rings is 1. The monoisotopic (exact) mass is 387 g/mol. The lowest BCUT2D eigenvalue weighted by Gasteiger charge is -2.09. The van der Waals surface area contributed by atoms with Crippen molar-refractivity contribution in [3.8, 4) is 11.6 Å². The lowest BCUT2D eigenvalue weighted by molar-refractivity contribution is -0.385. The Morgan fingerprint density at radius 3 is 2.58 bits per heavy atom. The summed E-state index contributed by atoms with van der Waals surface area (Å²) in [4.78, 5) is 28.3. The predicted molar refractivity (Wildman–Crippen MR) is 103 cm³/mol. The van der Waals surface area contributed by atoms with Crippen molar-refractivity contribution in [3.63, 3.8) is 0 Å². The van der Waals surface area contributed by atoms with Crippen LogP contribution in [0.3, 0.4) is 0 Å². The number of hydrogen-bond donors (Lipinski definition) is 0. The number of hydrogen-bond acceptors (Lipinski definition) is 7. The molecule has 1 saturated heterocycles. The molecule has 1 aromatic carbocycles. The fourth-order valence-electron chi connectivity index (χ4n) is 2.22. The van der Waals surface area contributed by atoms with Gasteiger partial charge in [-0.3, -0.25) is 19.8 Å². The minimum absolute atomic E-state index is 0.0853. The lowest BCUT2D eigenvalue weighted by atomic mass is 10.2. The van der Waals surface area contributed by atoms with Gasteiger partial charge in [-0.2, -0.15) is 0 Å². The average molecular weight is 387 g/mol. The van der Waals surface area contributed by atoms with E-state index in [-0.39, 0.29) is 17.5 Å². The molecule has 3 rings (SSSR count). The molecule has 0 saturated carbocycles. The molecule has 0 N–H and O–H groups in total. The second-order valence-electron chi connectivity index (χ2n) is 5.21. The number of benzene rings is 1. The average Bonchev–Trinajstić information content (AvgIpc) is 2.90. The van der Waals surface area contributed by atoms with Crippen molar-refractivity contribution >= 4 is 46.0 Å². The van der Waals surface area contributed by atoms with Gasteiger partial charge in [0.1, 0.15) is 16.3 Å². The smallest absolute Gasteiger partial charge is 0.287 e. The standard InChI is InChI=1S/C17H13N3O4S2/c1-2-19-16(21)14(26-17(19)25)9-11-3-6-13(7-4-11)24-15-8-5-12(10-18-15)20(22)23/h3-10H,2H2,1H3/b14-9+. The molecule has 9 heteroatoms. The normalized spacial score (nSPS) is 15.6. The Morgan fingerprint density at radius 2 is 2.04 bits per heavy atom. The number of amides is 1. The van der Waals surface area contributed by atoms with Gasteiger partial charge >= 0.3 is 0 Å². The molecule has 132 valence electrons. The van der Waals surface area contributed by atoms with E-state index >= 15 is 0 Å². The van der Waals surface area contributed by atoms with Crippen LogP contribution in [0.1, 0.15) is 12.5 Å². The number of aromatic nitrogens is 1. The Kier molecular flexibility index (Phi) is 5.29. The zero-order valence-corrected chi connectivity index (χ0v) is 15.3. The molecule has 1 aliphatic heterocycles. The second-order valence-corrected chi connectivity index (χ2v) is 6.88. The maximum atomic E-state index is 12.2. The van der Waals surface area contributed by atoms with E-state index in [1.165, 1.54) is 23.9 Å². The number of thiocarbonyl (C=S) groups is 1. The molecule has 1 fully saturated rings. The van der Waals surface area contributed by atoms with Crippen LogP contribution in [0.15, 0.2) is 47.5 Å². The Hall–Kier alpha value is -2.78. The molecule has 7 nitrogen and oxygen atoms in total. The molecule has 0 aliphatic carbocycles. The SMILES string of the molecule is CCN1C(=O)/C(=C\c2ccc(Oc3ccc([N+](=O)[O-])cn3)cc2)SC1=S. The summed E-state index contributed by atoms with van der Waals surface area (Å²) in [5.74, 6) is 0.703. The maximum absolute atomic E-state index is 12.2. The van der Waals surface area contributed by atoms with E-state index in [0.29, 0.717) is 21.5 Å². The zero-order chi connectivity index (χ0) is 18.7. The van der Waals surface area contributed by atoms with E-state index < -0.39 is 4.92 Å². The van der Waals surface area contributed by atoms with Crippen LogP contribution in [-0.2, 0) is 4.79 Å². The predicted octanol–water partition coefficient (Wildman–Crippen LogP) is 4.00. The fraction of sp³-hybridized carbons (Fsp3) is 0.118. The highest BCUT2D eigenvalue weighted by atomic mass is 32.2. The van der Waals surface area contributed by atoms with Gasteiger partial charge in [-0.25, -0.2) is 4.98 Å². The Morgan fingerprint density at radius 1 is 1.31 bits per heavy atom. The summed E-state index contributed by atoms with van der Waals surface area (Å²) in [6.07, 6.45) is 2.92. The number of ether oxygens (including phenoxy) is 1. The minimum Gasteiger partial charge on any atom is -0.439 e. The van der Waals surface area contributed by atoms with Crippen molar-refractivity contribution in [1.29, 1.82) is 0 Å². The molecular formula is C17H13N3O4S2. The van der Waals surface area contributed by atoms with Crippen LogP contribution < -0.4 is 4.74 Å². The van der Waals surface area contributed by atoms with Crippen LogP contribution in [0.5, 0.6) is 11.6 Å². The van der Waals surface area contributed by atoms with Crippen molar-refractivity contribution in [2.75, 3.05) is 6.54 Å². The highest BCUT2D eigenvalue weighted by molar-refractivity contribution is 8.26. The van der Waals surface area contributed by atoms with Gasteiger partial charge in [0.2, 0.25) is 5.88 Å². The highest BCUT2D eigenvalue weighted by Crippen LogP contribution is 2.32. The Labute approximate surface area is 158 Å². The first-order valence-corrected chi connectivity index (χ1v) is 8.84. The summed E-state index contributed by atoms with van der Waals surface area (Å²) in [6.45, 7) is 2.43. The lowest BCUT2D eigenvalue weighted by Crippen LogP contribution is -2.27. The van der Waals surface area contributed by atoms with Crippen LogP contribution in [-0.4, -0.2) is 31.6 Å². The van der Waals surface area contributed by atoms with Crippen molar-refractivity contribution < 1.29 is 14.5 Å². The molecule has 0 atom stereocenters. The van der Waals surface area contributed by atoms with Gasteiger partial charge in [-0.15, -0.1) is 0 Å². The molecule has 0 bridgehead atoms. The zero-order valence-electron chi connectivity index (χ0n) is 13.6. The molecular weight excluding hydrogens is 374 g/mol. The topological polar surface area (TPSA) is 85.6 Å². The molecule has 2 heterocycles. The van der Waals surface area contributed by atoms with Crippen molar-refractivity contribution in [2.45, 2.75) is 6.92 Å². The van der Waals surface area contributed by atoms with Gasteiger partial charge in [-0.1, -0.05) is 36.1 Å². The van der Waals surface area contributed by atoms with E-state index in [4.69, 9.17) is 17.0 Å². The van der Waals surface area contributed by atoms with Crippen molar-refractivity contribution in [3.05, 3.63) is 63.2 Å². The number of carbonyl (C=O) groups is 1. The second kappa shape index (κ2) is 7.63. The number of likely N-dealkylation sites (N-methyl/N-ethyl adjacent to an activating group) is 1. The van der Waals surface area contributed by atoms with Crippen LogP contribution >= 0.6 is 24.0 Å². The van der Waals surface area contributed by atoms with Crippen LogP contribution in [0.25, 0.3) is 6.08 Å². The summed E-state index contributed by atoms with van der Waals surface area (Å²) < 4.78 is 6.12. The van der Waals surface area contributed by atoms with Crippen molar-refractivity contribution in [1.82, 2.24) is 9.88 Å². The van der Waals surface area contributed by atoms with Crippen LogP contribution in [0.4, 0.5) is 5.69 Å². The number of rotatable bonds is 5. The van der Waals surface area contributed by atoms with Gasteiger partial charge < -0.3 is 4.74 Å². The van der Waals surface area contributed by atoms with Gasteiger partial charge in [-0.05, 0) is 30.7 Å². The minimum atomic E-state index is -0.521. The van der Waals surface area contributed by atoms with Crippen LogP contribution in [0, 0.1) is 10.1 Å². The molecule has 1 aliphatic rings. The molecule has 2 aromatic rings. The quantitative estimate of drug-likeness (QED) is 0.332. The van der Waals surface area contributed by atoms with Crippen LogP contribution in [0.2, 0.25) is 0 Å². The first kappa shape index (κ1) is 18.0. The largest absolute Gasteiger partial charge is 0.439 e. The molecule has 0 radical (unpaired) electrons. The Balaban J connectivity index is 1.71. The third-order valence-electron chi connectivity index (χ3n) is 3.52. The molecule has 0 unspecified atom stereocenters. The summed E-state index contributed by atoms with van der Waals surface area (Å²) in [5.41, 5.74) is 0.739. The summed E-state index contributed by atoms with van der Waals surface area (Å²) in [5, 5.41) is 10.6. The molecule has 1 amide bonds. The number of nitrogens with zero attached hydrogens (tertiary/aromatic N) is 3. The van der Waals surface area contributed by atoms with Crippen molar-refractivity contribution in [2.24, 2.45) is 0 Å². The summed E-state index contributed by atoms with van der Waals surface area (Å²) in [7, 11) is 0. The first-order valence-electron chi connectivity index (χ1n) is 7.61. The van der Waals surface area contributed by atoms with E-state index in [1.54, 1.807) is 35.2 Å². The highest BCUT2D eigenvalue weighted by Gasteiger charge is 2.30. The molecule has 1 aromatic heterocycles. The molecule has 26 heavy (non-hydrogen) atoms. The van der Waals surface area contributed by atoms with E-state index in [0.717, 1.165) is 11.8 Å². The number of thioether (sulfide) groups is 1. The third-order valence-corrected chi connectivity index (χ3v) is 4.90. The number of carbonyl (C=O) groups excluding carboxylic acids is 1. The third kappa shape index (κ3) is 3.89. The molecule has 0 spiro atoms. The Bertz CT molecular complexity index is 895. The van der Waals surface area contributed by atoms with E-state index in [2.05, 4.69) is 4.98 Å². The summed E-state index contributed by atoms with van der Waals surface area (Å²) >= 11 is 6.47. The fourth-order valence-corrected chi connectivity index (χ4v) is 3.60. The number of nitro groups is 1.